The van der Waals surface area contributed by atoms with Crippen LogP contribution in [-0.2, 0) is 27.1 Å². The molecular weight excluding hydrogens is 461 g/mol. The SMILES string of the molecule is O=C1Cc2cc(C(=O)NC3CCN(S(=O)(=O)c4ccc(CCl)cc4)CC3)c(Cl)cc2N1. The second-order valence-electron chi connectivity index (χ2n) is 7.64. The fourth-order valence-electron chi connectivity index (χ4n) is 3.83. The number of hydrogen-bond donors (Lipinski definition) is 2. The van der Waals surface area contributed by atoms with E-state index in [9.17, 15) is 18.0 Å². The highest BCUT2D eigenvalue weighted by atomic mass is 35.5. The Morgan fingerprint density at radius 1 is 1.16 bits per heavy atom. The second kappa shape index (κ2) is 8.78. The van der Waals surface area contributed by atoms with Gasteiger partial charge in [0.25, 0.3) is 5.91 Å². The topological polar surface area (TPSA) is 95.6 Å². The van der Waals surface area contributed by atoms with Crippen molar-refractivity contribution in [1.82, 2.24) is 9.62 Å². The van der Waals surface area contributed by atoms with Crippen LogP contribution in [-0.4, -0.2) is 43.7 Å². The van der Waals surface area contributed by atoms with Crippen LogP contribution >= 0.6 is 23.2 Å². The molecule has 2 aromatic carbocycles. The van der Waals surface area contributed by atoms with Crippen molar-refractivity contribution in [2.24, 2.45) is 0 Å². The van der Waals surface area contributed by atoms with E-state index in [2.05, 4.69) is 10.6 Å². The van der Waals surface area contributed by atoms with Crippen LogP contribution in [0.25, 0.3) is 0 Å². The number of piperidine rings is 1. The third-order valence-corrected chi connectivity index (χ3v) is 8.10. The first kappa shape index (κ1) is 22.1. The summed E-state index contributed by atoms with van der Waals surface area (Å²) in [4.78, 5) is 24.5. The minimum absolute atomic E-state index is 0.130. The lowest BCUT2D eigenvalue weighted by molar-refractivity contribution is -0.115. The van der Waals surface area contributed by atoms with Crippen LogP contribution in [0.2, 0.25) is 5.02 Å². The lowest BCUT2D eigenvalue weighted by atomic mass is 10.0. The van der Waals surface area contributed by atoms with Gasteiger partial charge in [-0.25, -0.2) is 8.42 Å². The number of fused-ring (bicyclic) bond motifs is 1. The second-order valence-corrected chi connectivity index (χ2v) is 10.3. The van der Waals surface area contributed by atoms with Crippen LogP contribution in [0.4, 0.5) is 5.69 Å². The number of alkyl halides is 1. The number of rotatable bonds is 5. The van der Waals surface area contributed by atoms with E-state index in [-0.39, 0.29) is 34.2 Å². The molecule has 2 N–H and O–H groups in total. The molecule has 0 saturated carbocycles. The van der Waals surface area contributed by atoms with Crippen LogP contribution in [0.3, 0.4) is 0 Å². The minimum atomic E-state index is -3.59. The van der Waals surface area contributed by atoms with E-state index in [1.165, 1.54) is 4.31 Å². The zero-order chi connectivity index (χ0) is 22.2. The molecule has 1 saturated heterocycles. The Morgan fingerprint density at radius 3 is 2.48 bits per heavy atom. The van der Waals surface area contributed by atoms with Crippen LogP contribution in [0.5, 0.6) is 0 Å². The van der Waals surface area contributed by atoms with Gasteiger partial charge in [0.15, 0.2) is 0 Å². The molecule has 0 atom stereocenters. The van der Waals surface area contributed by atoms with E-state index in [4.69, 9.17) is 23.2 Å². The molecular formula is C21H21Cl2N3O4S. The Balaban J connectivity index is 1.38. The summed E-state index contributed by atoms with van der Waals surface area (Å²) in [6.07, 6.45) is 1.20. The van der Waals surface area contributed by atoms with Crippen molar-refractivity contribution in [3.63, 3.8) is 0 Å². The van der Waals surface area contributed by atoms with Gasteiger partial charge in [0.05, 0.1) is 21.9 Å². The van der Waals surface area contributed by atoms with E-state index in [0.717, 1.165) is 11.1 Å². The summed E-state index contributed by atoms with van der Waals surface area (Å²) in [6, 6.07) is 9.59. The molecule has 2 aliphatic rings. The molecule has 0 aliphatic carbocycles. The molecule has 2 aromatic rings. The lowest BCUT2D eigenvalue weighted by Gasteiger charge is -2.31. The molecule has 0 bridgehead atoms. The van der Waals surface area contributed by atoms with Gasteiger partial charge >= 0.3 is 0 Å². The smallest absolute Gasteiger partial charge is 0.253 e. The van der Waals surface area contributed by atoms with Crippen LogP contribution in [0.1, 0.15) is 34.3 Å². The summed E-state index contributed by atoms with van der Waals surface area (Å²) in [5.41, 5.74) is 2.53. The minimum Gasteiger partial charge on any atom is -0.349 e. The Labute approximate surface area is 190 Å². The van der Waals surface area contributed by atoms with E-state index >= 15 is 0 Å². The quantitative estimate of drug-likeness (QED) is 0.641. The summed E-state index contributed by atoms with van der Waals surface area (Å²) in [6.45, 7) is 0.613. The van der Waals surface area contributed by atoms with E-state index < -0.39 is 10.0 Å². The fraction of sp³-hybridized carbons (Fsp3) is 0.333. The van der Waals surface area contributed by atoms with Crippen molar-refractivity contribution < 1.29 is 18.0 Å². The first-order valence-corrected chi connectivity index (χ1v) is 12.2. The van der Waals surface area contributed by atoms with Gasteiger partial charge in [-0.15, -0.1) is 11.6 Å². The van der Waals surface area contributed by atoms with Crippen molar-refractivity contribution in [1.29, 1.82) is 0 Å². The third-order valence-electron chi connectivity index (χ3n) is 5.57. The van der Waals surface area contributed by atoms with E-state index in [1.54, 1.807) is 36.4 Å². The average molecular weight is 482 g/mol. The third kappa shape index (κ3) is 4.57. The monoisotopic (exact) mass is 481 g/mol. The van der Waals surface area contributed by atoms with Gasteiger partial charge in [-0.1, -0.05) is 23.7 Å². The normalized spacial score (nSPS) is 17.3. The molecule has 0 aromatic heterocycles. The predicted molar refractivity (Wildman–Crippen MR) is 119 cm³/mol. The van der Waals surface area contributed by atoms with Crippen LogP contribution in [0, 0.1) is 0 Å². The number of nitrogens with zero attached hydrogens (tertiary/aromatic N) is 1. The van der Waals surface area contributed by atoms with Gasteiger partial charge in [0.2, 0.25) is 15.9 Å². The van der Waals surface area contributed by atoms with Gasteiger partial charge in [0, 0.05) is 30.7 Å². The number of benzene rings is 2. The van der Waals surface area contributed by atoms with Crippen molar-refractivity contribution in [2.45, 2.75) is 36.1 Å². The predicted octanol–water partition coefficient (Wildman–Crippen LogP) is 3.16. The maximum atomic E-state index is 12.9. The molecule has 2 heterocycles. The Bertz CT molecular complexity index is 1130. The Hall–Kier alpha value is -2.13. The van der Waals surface area contributed by atoms with Gasteiger partial charge in [0.1, 0.15) is 0 Å². The molecule has 1 fully saturated rings. The first-order chi connectivity index (χ1) is 14.8. The Kier molecular flexibility index (Phi) is 6.25. The summed E-state index contributed by atoms with van der Waals surface area (Å²) in [5.74, 6) is -0.133. The zero-order valence-electron chi connectivity index (χ0n) is 16.5. The number of anilines is 1. The molecule has 0 spiro atoms. The van der Waals surface area contributed by atoms with Gasteiger partial charge in [-0.2, -0.15) is 4.31 Å². The number of nitrogens with one attached hydrogen (secondary N) is 2. The average Bonchev–Trinajstić information content (AvgIpc) is 3.12. The standard InChI is InChI=1S/C21H21Cl2N3O4S/c22-12-13-1-3-16(4-2-13)31(29,30)26-7-5-15(6-8-26)24-21(28)17-9-14-10-20(27)25-19(14)11-18(17)23/h1-4,9,11,15H,5-8,10,12H2,(H,24,28)(H,25,27). The van der Waals surface area contributed by atoms with Crippen LogP contribution < -0.4 is 10.6 Å². The first-order valence-electron chi connectivity index (χ1n) is 9.86. The summed E-state index contributed by atoms with van der Waals surface area (Å²) < 4.78 is 27.2. The molecule has 164 valence electrons. The number of sulfonamides is 1. The van der Waals surface area contributed by atoms with Gasteiger partial charge in [-0.3, -0.25) is 9.59 Å². The Morgan fingerprint density at radius 2 is 1.84 bits per heavy atom. The molecule has 0 radical (unpaired) electrons. The van der Waals surface area contributed by atoms with Crippen molar-refractivity contribution in [3.8, 4) is 0 Å². The highest BCUT2D eigenvalue weighted by Gasteiger charge is 2.30. The largest absolute Gasteiger partial charge is 0.349 e. The lowest BCUT2D eigenvalue weighted by Crippen LogP contribution is -2.46. The number of amides is 2. The van der Waals surface area contributed by atoms with E-state index in [1.807, 2.05) is 0 Å². The summed E-state index contributed by atoms with van der Waals surface area (Å²) in [5, 5.41) is 5.90. The van der Waals surface area contributed by atoms with Gasteiger partial charge < -0.3 is 10.6 Å². The maximum absolute atomic E-state index is 12.9. The molecule has 10 heteroatoms. The molecule has 7 nitrogen and oxygen atoms in total. The number of carbonyl (C=O) groups is 2. The molecule has 2 aliphatic heterocycles. The maximum Gasteiger partial charge on any atom is 0.253 e. The zero-order valence-corrected chi connectivity index (χ0v) is 18.9. The summed E-state index contributed by atoms with van der Waals surface area (Å²) >= 11 is 12.0. The highest BCUT2D eigenvalue weighted by Crippen LogP contribution is 2.30. The molecule has 31 heavy (non-hydrogen) atoms. The number of hydrogen-bond acceptors (Lipinski definition) is 4. The fourth-order valence-corrected chi connectivity index (χ4v) is 5.72. The van der Waals surface area contributed by atoms with Gasteiger partial charge in [-0.05, 0) is 48.2 Å². The van der Waals surface area contributed by atoms with Crippen molar-refractivity contribution in [2.75, 3.05) is 18.4 Å². The molecule has 2 amide bonds. The number of halogens is 2. The number of carbonyl (C=O) groups excluding carboxylic acids is 2. The van der Waals surface area contributed by atoms with Crippen molar-refractivity contribution >= 4 is 50.7 Å². The molecule has 4 rings (SSSR count). The van der Waals surface area contributed by atoms with Crippen molar-refractivity contribution in [3.05, 3.63) is 58.1 Å². The highest BCUT2D eigenvalue weighted by molar-refractivity contribution is 7.89. The summed E-state index contributed by atoms with van der Waals surface area (Å²) in [7, 11) is -3.59. The van der Waals surface area contributed by atoms with Crippen LogP contribution in [0.15, 0.2) is 41.3 Å². The van der Waals surface area contributed by atoms with E-state index in [0.29, 0.717) is 43.1 Å². The molecule has 0 unspecified atom stereocenters.